The molecule has 24 heavy (non-hydrogen) atoms. The first-order chi connectivity index (χ1) is 11.5. The first kappa shape index (κ1) is 15.7. The summed E-state index contributed by atoms with van der Waals surface area (Å²) in [6.07, 6.45) is 4.56. The molecule has 0 radical (unpaired) electrons. The first-order valence-corrected chi connectivity index (χ1v) is 9.81. The van der Waals surface area contributed by atoms with E-state index in [1.54, 1.807) is 30.3 Å². The fourth-order valence-corrected chi connectivity index (χ4v) is 4.60. The van der Waals surface area contributed by atoms with Gasteiger partial charge in [0.25, 0.3) is 0 Å². The van der Waals surface area contributed by atoms with E-state index in [1.807, 2.05) is 0 Å². The minimum Gasteiger partial charge on any atom is -0.440 e. The molecule has 4 rings (SSSR count). The Hall–Kier alpha value is -1.85. The van der Waals surface area contributed by atoms with Crippen molar-refractivity contribution < 1.29 is 12.8 Å². The molecule has 1 aromatic heterocycles. The number of fused-ring (bicyclic) bond motifs is 1. The van der Waals surface area contributed by atoms with E-state index >= 15 is 0 Å². The Bertz CT molecular complexity index is 987. The van der Waals surface area contributed by atoms with Gasteiger partial charge < -0.3 is 4.42 Å². The molecule has 0 N–H and O–H groups in total. The summed E-state index contributed by atoms with van der Waals surface area (Å²) in [6.45, 7) is 0. The van der Waals surface area contributed by atoms with E-state index < -0.39 is 9.84 Å². The Morgan fingerprint density at radius 2 is 1.67 bits per heavy atom. The smallest absolute Gasteiger partial charge is 0.206 e. The van der Waals surface area contributed by atoms with Crippen LogP contribution >= 0.6 is 11.6 Å². The lowest BCUT2D eigenvalue weighted by molar-refractivity contribution is 0.474. The Morgan fingerprint density at radius 3 is 2.38 bits per heavy atom. The van der Waals surface area contributed by atoms with Gasteiger partial charge in [0, 0.05) is 10.9 Å². The Morgan fingerprint density at radius 1 is 1.00 bits per heavy atom. The average Bonchev–Trinajstić information content (AvgIpc) is 3.23. The molecule has 0 unspecified atom stereocenters. The van der Waals surface area contributed by atoms with E-state index in [0.29, 0.717) is 22.0 Å². The van der Waals surface area contributed by atoms with Gasteiger partial charge in [-0.3, -0.25) is 0 Å². The summed E-state index contributed by atoms with van der Waals surface area (Å²) < 4.78 is 31.3. The number of sulfone groups is 1. The summed E-state index contributed by atoms with van der Waals surface area (Å²) >= 11 is 5.83. The molecule has 1 aliphatic carbocycles. The lowest BCUT2D eigenvalue weighted by Crippen LogP contribution is -2.01. The number of oxazole rings is 1. The standard InChI is InChI=1S/C18H16ClNO3S/c19-13-5-7-14(8-6-13)24(21,22)15-9-10-17-16(11-15)20-18(23-17)12-3-1-2-4-12/h5-12H,1-4H2. The zero-order valence-corrected chi connectivity index (χ0v) is 14.5. The van der Waals surface area contributed by atoms with Crippen molar-refractivity contribution in [3.05, 3.63) is 53.4 Å². The first-order valence-electron chi connectivity index (χ1n) is 7.95. The summed E-state index contributed by atoms with van der Waals surface area (Å²) in [4.78, 5) is 4.95. The highest BCUT2D eigenvalue weighted by Crippen LogP contribution is 2.35. The van der Waals surface area contributed by atoms with Crippen LogP contribution in [0.5, 0.6) is 0 Å². The van der Waals surface area contributed by atoms with Crippen LogP contribution in [0.3, 0.4) is 0 Å². The van der Waals surface area contributed by atoms with Crippen LogP contribution in [0.25, 0.3) is 11.1 Å². The maximum atomic E-state index is 12.8. The molecular formula is C18H16ClNO3S. The molecule has 0 saturated heterocycles. The van der Waals surface area contributed by atoms with E-state index in [0.717, 1.165) is 18.7 Å². The van der Waals surface area contributed by atoms with Crippen molar-refractivity contribution in [3.63, 3.8) is 0 Å². The van der Waals surface area contributed by atoms with Crippen LogP contribution in [-0.2, 0) is 9.84 Å². The van der Waals surface area contributed by atoms with Crippen molar-refractivity contribution in [2.75, 3.05) is 0 Å². The predicted octanol–water partition coefficient (Wildman–Crippen LogP) is 4.97. The molecule has 1 aliphatic rings. The van der Waals surface area contributed by atoms with Crippen LogP contribution in [0.4, 0.5) is 0 Å². The molecule has 0 bridgehead atoms. The molecule has 0 spiro atoms. The average molecular weight is 362 g/mol. The van der Waals surface area contributed by atoms with Crippen molar-refractivity contribution in [3.8, 4) is 0 Å². The Labute approximate surface area is 145 Å². The molecule has 0 atom stereocenters. The lowest BCUT2D eigenvalue weighted by atomic mass is 10.1. The van der Waals surface area contributed by atoms with Crippen LogP contribution in [-0.4, -0.2) is 13.4 Å². The quantitative estimate of drug-likeness (QED) is 0.660. The van der Waals surface area contributed by atoms with Crippen LogP contribution in [0, 0.1) is 0 Å². The summed E-state index contributed by atoms with van der Waals surface area (Å²) in [5, 5.41) is 0.502. The Kier molecular flexibility index (Phi) is 3.85. The molecule has 0 amide bonds. The van der Waals surface area contributed by atoms with Crippen molar-refractivity contribution in [1.82, 2.24) is 4.98 Å². The molecule has 0 aliphatic heterocycles. The summed E-state index contributed by atoms with van der Waals surface area (Å²) in [5.41, 5.74) is 1.22. The molecular weight excluding hydrogens is 346 g/mol. The number of hydrogen-bond acceptors (Lipinski definition) is 4. The monoisotopic (exact) mass is 361 g/mol. The molecule has 3 aromatic rings. The normalized spacial score (nSPS) is 16.0. The number of rotatable bonds is 3. The highest BCUT2D eigenvalue weighted by molar-refractivity contribution is 7.91. The molecule has 1 heterocycles. The van der Waals surface area contributed by atoms with Crippen LogP contribution in [0.1, 0.15) is 37.5 Å². The zero-order valence-electron chi connectivity index (χ0n) is 12.9. The third-order valence-electron chi connectivity index (χ3n) is 4.51. The van der Waals surface area contributed by atoms with Gasteiger partial charge >= 0.3 is 0 Å². The maximum Gasteiger partial charge on any atom is 0.206 e. The fourth-order valence-electron chi connectivity index (χ4n) is 3.19. The molecule has 1 fully saturated rings. The predicted molar refractivity (Wildman–Crippen MR) is 92.1 cm³/mol. The van der Waals surface area contributed by atoms with Crippen molar-refractivity contribution in [2.24, 2.45) is 0 Å². The minimum absolute atomic E-state index is 0.212. The van der Waals surface area contributed by atoms with Crippen LogP contribution in [0.15, 0.2) is 56.7 Å². The van der Waals surface area contributed by atoms with E-state index in [9.17, 15) is 8.42 Å². The highest BCUT2D eigenvalue weighted by atomic mass is 35.5. The van der Waals surface area contributed by atoms with Gasteiger partial charge in [0.05, 0.1) is 9.79 Å². The summed E-state index contributed by atoms with van der Waals surface area (Å²) in [5.74, 6) is 1.08. The molecule has 6 heteroatoms. The van der Waals surface area contributed by atoms with Gasteiger partial charge in [-0.1, -0.05) is 24.4 Å². The van der Waals surface area contributed by atoms with Gasteiger partial charge in [0.2, 0.25) is 9.84 Å². The topological polar surface area (TPSA) is 60.2 Å². The minimum atomic E-state index is -3.60. The number of nitrogens with zero attached hydrogens (tertiary/aromatic N) is 1. The number of benzene rings is 2. The van der Waals surface area contributed by atoms with Crippen molar-refractivity contribution in [1.29, 1.82) is 0 Å². The molecule has 124 valence electrons. The molecule has 4 nitrogen and oxygen atoms in total. The van der Waals surface area contributed by atoms with E-state index in [4.69, 9.17) is 16.0 Å². The molecule has 1 saturated carbocycles. The largest absolute Gasteiger partial charge is 0.440 e. The third kappa shape index (κ3) is 2.72. The molecule has 2 aromatic carbocycles. The second-order valence-corrected chi connectivity index (χ2v) is 8.51. The van der Waals surface area contributed by atoms with Gasteiger partial charge in [-0.15, -0.1) is 0 Å². The maximum absolute atomic E-state index is 12.8. The third-order valence-corrected chi connectivity index (χ3v) is 6.53. The van der Waals surface area contributed by atoms with E-state index in [1.165, 1.54) is 25.0 Å². The number of aromatic nitrogens is 1. The second kappa shape index (κ2) is 5.90. The van der Waals surface area contributed by atoms with Gasteiger partial charge in [0.15, 0.2) is 11.5 Å². The second-order valence-electron chi connectivity index (χ2n) is 6.12. The summed E-state index contributed by atoms with van der Waals surface area (Å²) in [6, 6.07) is 11.0. The zero-order chi connectivity index (χ0) is 16.7. The Balaban J connectivity index is 1.75. The fraction of sp³-hybridized carbons (Fsp3) is 0.278. The van der Waals surface area contributed by atoms with Crippen molar-refractivity contribution in [2.45, 2.75) is 41.4 Å². The number of halogens is 1. The van der Waals surface area contributed by atoms with Crippen LogP contribution < -0.4 is 0 Å². The van der Waals surface area contributed by atoms with Gasteiger partial charge in [-0.05, 0) is 55.3 Å². The number of hydrogen-bond donors (Lipinski definition) is 0. The SMILES string of the molecule is O=S(=O)(c1ccc(Cl)cc1)c1ccc2oc(C3CCCC3)nc2c1. The van der Waals surface area contributed by atoms with Crippen molar-refractivity contribution >= 4 is 32.5 Å². The van der Waals surface area contributed by atoms with Gasteiger partial charge in [-0.2, -0.15) is 0 Å². The van der Waals surface area contributed by atoms with E-state index in [-0.39, 0.29) is 9.79 Å². The van der Waals surface area contributed by atoms with E-state index in [2.05, 4.69) is 4.98 Å². The van der Waals surface area contributed by atoms with Gasteiger partial charge in [0.1, 0.15) is 5.52 Å². The lowest BCUT2D eigenvalue weighted by Gasteiger charge is -2.04. The highest BCUT2D eigenvalue weighted by Gasteiger charge is 2.24. The van der Waals surface area contributed by atoms with Gasteiger partial charge in [-0.25, -0.2) is 13.4 Å². The van der Waals surface area contributed by atoms with Crippen LogP contribution in [0.2, 0.25) is 5.02 Å². The summed E-state index contributed by atoms with van der Waals surface area (Å²) in [7, 11) is -3.60.